The van der Waals surface area contributed by atoms with E-state index in [1.165, 1.54) is 24.3 Å². The number of carbonyl (C=O) groups is 2. The monoisotopic (exact) mass is 366 g/mol. The van der Waals surface area contributed by atoms with Crippen LogP contribution in [-0.2, 0) is 4.79 Å². The van der Waals surface area contributed by atoms with Gasteiger partial charge in [0.1, 0.15) is 17.2 Å². The van der Waals surface area contributed by atoms with Gasteiger partial charge in [-0.3, -0.25) is 9.79 Å². The molecule has 138 valence electrons. The number of piperidine rings is 1. The third kappa shape index (κ3) is 3.53. The minimum absolute atomic E-state index is 0.176. The number of likely N-dealkylation sites (tertiary alicyclic amines) is 1. The molecule has 1 saturated heterocycles. The highest BCUT2D eigenvalue weighted by Gasteiger charge is 2.42. The summed E-state index contributed by atoms with van der Waals surface area (Å²) in [6, 6.07) is 14.8. The van der Waals surface area contributed by atoms with Crippen molar-refractivity contribution >= 4 is 23.3 Å². The normalized spacial score (nSPS) is 18.2. The number of hydrogen-bond donors (Lipinski definition) is 2. The number of rotatable bonds is 2. The summed E-state index contributed by atoms with van der Waals surface area (Å²) < 4.78 is 13.0. The summed E-state index contributed by atoms with van der Waals surface area (Å²) in [5.74, 6) is -0.526. The number of amides is 3. The molecule has 2 aliphatic heterocycles. The molecule has 1 fully saturated rings. The summed E-state index contributed by atoms with van der Waals surface area (Å²) in [6.07, 6.45) is 1.10. The van der Waals surface area contributed by atoms with E-state index in [0.717, 1.165) is 5.56 Å². The maximum Gasteiger partial charge on any atom is 0.321 e. The molecule has 0 saturated carbocycles. The van der Waals surface area contributed by atoms with Crippen molar-refractivity contribution in [2.24, 2.45) is 4.99 Å². The molecule has 0 bridgehead atoms. The predicted octanol–water partition coefficient (Wildman–Crippen LogP) is 2.77. The molecule has 4 rings (SSSR count). The molecule has 3 amide bonds. The van der Waals surface area contributed by atoms with Crippen molar-refractivity contribution in [3.05, 3.63) is 66.0 Å². The summed E-state index contributed by atoms with van der Waals surface area (Å²) in [4.78, 5) is 31.1. The molecular formula is C20H19FN4O2. The van der Waals surface area contributed by atoms with Crippen LogP contribution in [0.25, 0.3) is 0 Å². The van der Waals surface area contributed by atoms with Crippen molar-refractivity contribution in [3.8, 4) is 0 Å². The van der Waals surface area contributed by atoms with E-state index in [9.17, 15) is 14.0 Å². The Morgan fingerprint density at radius 1 is 1.07 bits per heavy atom. The topological polar surface area (TPSA) is 73.8 Å². The first-order valence-electron chi connectivity index (χ1n) is 8.84. The van der Waals surface area contributed by atoms with Crippen LogP contribution >= 0.6 is 0 Å². The molecule has 1 spiro atoms. The van der Waals surface area contributed by atoms with Gasteiger partial charge in [-0.15, -0.1) is 0 Å². The number of anilines is 1. The van der Waals surface area contributed by atoms with Gasteiger partial charge in [0.25, 0.3) is 5.91 Å². The van der Waals surface area contributed by atoms with E-state index in [4.69, 9.17) is 0 Å². The zero-order chi connectivity index (χ0) is 18.9. The first-order chi connectivity index (χ1) is 13.0. The van der Waals surface area contributed by atoms with E-state index in [0.29, 0.717) is 37.3 Å². The third-order valence-electron chi connectivity index (χ3n) is 4.91. The molecule has 7 heteroatoms. The predicted molar refractivity (Wildman–Crippen MR) is 100 cm³/mol. The van der Waals surface area contributed by atoms with E-state index in [-0.39, 0.29) is 17.8 Å². The van der Waals surface area contributed by atoms with Crippen LogP contribution in [0.5, 0.6) is 0 Å². The molecule has 6 nitrogen and oxygen atoms in total. The van der Waals surface area contributed by atoms with Crippen LogP contribution in [0.1, 0.15) is 18.4 Å². The number of urea groups is 1. The van der Waals surface area contributed by atoms with Gasteiger partial charge in [0, 0.05) is 37.2 Å². The summed E-state index contributed by atoms with van der Waals surface area (Å²) in [5.41, 5.74) is 1.14. The maximum atomic E-state index is 13.0. The Hall–Kier alpha value is -3.22. The number of aliphatic imine (C=N–C) groups is 1. The lowest BCUT2D eigenvalue weighted by Gasteiger charge is -2.37. The van der Waals surface area contributed by atoms with Gasteiger partial charge in [-0.1, -0.05) is 30.3 Å². The van der Waals surface area contributed by atoms with Gasteiger partial charge in [-0.25, -0.2) is 9.18 Å². The van der Waals surface area contributed by atoms with Gasteiger partial charge >= 0.3 is 6.03 Å². The maximum absolute atomic E-state index is 13.0. The number of nitrogens with zero attached hydrogens (tertiary/aromatic N) is 2. The van der Waals surface area contributed by atoms with E-state index >= 15 is 0 Å². The standard InChI is InChI=1S/C20H19FN4O2/c21-15-6-8-16(9-7-15)22-19(27)25-12-10-20(11-13-25)23-17(18(26)24-20)14-4-2-1-3-5-14/h1-9H,10-13H2,(H,22,27)(H,24,26). The molecule has 2 aromatic carbocycles. The van der Waals surface area contributed by atoms with Crippen molar-refractivity contribution in [2.45, 2.75) is 18.5 Å². The lowest BCUT2D eigenvalue weighted by Crippen LogP contribution is -2.53. The summed E-state index contributed by atoms with van der Waals surface area (Å²) in [7, 11) is 0. The number of hydrogen-bond acceptors (Lipinski definition) is 3. The molecule has 2 aromatic rings. The SMILES string of the molecule is O=C1NC2(CCN(C(=O)Nc3ccc(F)cc3)CC2)N=C1c1ccccc1. The number of benzene rings is 2. The molecule has 2 N–H and O–H groups in total. The fraction of sp³-hybridized carbons (Fsp3) is 0.250. The molecule has 0 aliphatic carbocycles. The Balaban J connectivity index is 1.41. The van der Waals surface area contributed by atoms with Gasteiger partial charge < -0.3 is 15.5 Å². The zero-order valence-electron chi connectivity index (χ0n) is 14.6. The van der Waals surface area contributed by atoms with Crippen molar-refractivity contribution < 1.29 is 14.0 Å². The van der Waals surface area contributed by atoms with Gasteiger partial charge in [0.05, 0.1) is 0 Å². The van der Waals surface area contributed by atoms with Crippen LogP contribution < -0.4 is 10.6 Å². The molecule has 27 heavy (non-hydrogen) atoms. The number of halogens is 1. The highest BCUT2D eigenvalue weighted by atomic mass is 19.1. The van der Waals surface area contributed by atoms with Crippen LogP contribution in [0, 0.1) is 5.82 Å². The Morgan fingerprint density at radius 2 is 1.74 bits per heavy atom. The second-order valence-corrected chi connectivity index (χ2v) is 6.74. The quantitative estimate of drug-likeness (QED) is 0.858. The van der Waals surface area contributed by atoms with E-state index in [2.05, 4.69) is 15.6 Å². The summed E-state index contributed by atoms with van der Waals surface area (Å²) >= 11 is 0. The lowest BCUT2D eigenvalue weighted by molar-refractivity contribution is -0.115. The Labute approximate surface area is 156 Å². The lowest BCUT2D eigenvalue weighted by atomic mass is 9.98. The Kier molecular flexibility index (Phi) is 4.35. The first-order valence-corrected chi connectivity index (χ1v) is 8.84. The molecule has 2 aliphatic rings. The molecular weight excluding hydrogens is 347 g/mol. The highest BCUT2D eigenvalue weighted by molar-refractivity contribution is 6.46. The van der Waals surface area contributed by atoms with Crippen LogP contribution in [0.3, 0.4) is 0 Å². The second-order valence-electron chi connectivity index (χ2n) is 6.74. The molecule has 0 unspecified atom stereocenters. The summed E-state index contributed by atoms with van der Waals surface area (Å²) in [6.45, 7) is 0.942. The van der Waals surface area contributed by atoms with Gasteiger partial charge in [0.15, 0.2) is 0 Å². The average Bonchev–Trinajstić information content (AvgIpc) is 3.00. The minimum atomic E-state index is -0.644. The molecule has 0 aromatic heterocycles. The molecule has 2 heterocycles. The molecule has 0 radical (unpaired) electrons. The third-order valence-corrected chi connectivity index (χ3v) is 4.91. The number of nitrogens with one attached hydrogen (secondary N) is 2. The first kappa shape index (κ1) is 17.2. The van der Waals surface area contributed by atoms with Crippen molar-refractivity contribution in [1.29, 1.82) is 0 Å². The van der Waals surface area contributed by atoms with Crippen molar-refractivity contribution in [2.75, 3.05) is 18.4 Å². The van der Waals surface area contributed by atoms with Gasteiger partial charge in [0.2, 0.25) is 0 Å². The highest BCUT2D eigenvalue weighted by Crippen LogP contribution is 2.29. The fourth-order valence-electron chi connectivity index (χ4n) is 3.41. The average molecular weight is 366 g/mol. The van der Waals surface area contributed by atoms with E-state index in [1.807, 2.05) is 30.3 Å². The number of carbonyl (C=O) groups excluding carboxylic acids is 2. The van der Waals surface area contributed by atoms with Crippen molar-refractivity contribution in [1.82, 2.24) is 10.2 Å². The van der Waals surface area contributed by atoms with E-state index < -0.39 is 5.66 Å². The van der Waals surface area contributed by atoms with Crippen molar-refractivity contribution in [3.63, 3.8) is 0 Å². The summed E-state index contributed by atoms with van der Waals surface area (Å²) in [5, 5.41) is 5.75. The second kappa shape index (κ2) is 6.83. The van der Waals surface area contributed by atoms with Crippen LogP contribution in [0.2, 0.25) is 0 Å². The van der Waals surface area contributed by atoms with Gasteiger partial charge in [-0.05, 0) is 24.3 Å². The van der Waals surface area contributed by atoms with Crippen LogP contribution in [-0.4, -0.2) is 41.3 Å². The van der Waals surface area contributed by atoms with E-state index in [1.54, 1.807) is 4.90 Å². The van der Waals surface area contributed by atoms with Crippen LogP contribution in [0.15, 0.2) is 59.6 Å². The smallest absolute Gasteiger partial charge is 0.321 e. The zero-order valence-corrected chi connectivity index (χ0v) is 14.6. The minimum Gasteiger partial charge on any atom is -0.326 e. The Morgan fingerprint density at radius 3 is 2.41 bits per heavy atom. The molecule has 0 atom stereocenters. The van der Waals surface area contributed by atoms with Crippen LogP contribution in [0.4, 0.5) is 14.9 Å². The Bertz CT molecular complexity index is 888. The van der Waals surface area contributed by atoms with Gasteiger partial charge in [-0.2, -0.15) is 0 Å². The largest absolute Gasteiger partial charge is 0.326 e. The fourth-order valence-corrected chi connectivity index (χ4v) is 3.41.